The minimum atomic E-state index is -0.573. The van der Waals surface area contributed by atoms with Crippen molar-refractivity contribution < 1.29 is 19.0 Å². The van der Waals surface area contributed by atoms with Gasteiger partial charge in [0.05, 0.1) is 23.5 Å². The number of hydrogen-bond donors (Lipinski definition) is 1. The summed E-state index contributed by atoms with van der Waals surface area (Å²) in [7, 11) is 0. The van der Waals surface area contributed by atoms with Crippen molar-refractivity contribution in [3.05, 3.63) is 90.5 Å². The number of phenolic OH excluding ortho intramolecular Hbond substituents is 1. The Morgan fingerprint density at radius 3 is 2.33 bits per heavy atom. The summed E-state index contributed by atoms with van der Waals surface area (Å²) in [4.78, 5) is 20.2. The monoisotopic (exact) mass is 538 g/mol. The summed E-state index contributed by atoms with van der Waals surface area (Å²) in [6.45, 7) is 4.50. The molecule has 0 atom stereocenters. The van der Waals surface area contributed by atoms with E-state index in [0.29, 0.717) is 52.7 Å². The molecule has 0 unspecified atom stereocenters. The maximum Gasteiger partial charge on any atom is 0.227 e. The largest absolute Gasteiger partial charge is 0.507 e. The first kappa shape index (κ1) is 26.9. The van der Waals surface area contributed by atoms with E-state index >= 15 is 0 Å². The number of carbonyl (C=O) groups excluding carboxylic acids is 1. The Morgan fingerprint density at radius 2 is 1.65 bits per heavy atom. The van der Waals surface area contributed by atoms with Crippen LogP contribution in [0.2, 0.25) is 0 Å². The van der Waals surface area contributed by atoms with Crippen molar-refractivity contribution in [2.75, 3.05) is 26.4 Å². The molecular weight excluding hydrogens is 507 g/mol. The molecule has 0 fully saturated rings. The molecule has 0 aliphatic rings. The molecule has 0 aliphatic carbocycles. The summed E-state index contributed by atoms with van der Waals surface area (Å²) in [6, 6.07) is 26.0. The third-order valence-corrected chi connectivity index (χ3v) is 6.85. The highest BCUT2D eigenvalue weighted by atomic mass is 19.1. The molecular formula is C32H31FN4O3. The molecule has 7 nitrogen and oxygen atoms in total. The van der Waals surface area contributed by atoms with E-state index in [1.165, 1.54) is 0 Å². The van der Waals surface area contributed by atoms with Crippen LogP contribution in [0.25, 0.3) is 39.4 Å². The lowest BCUT2D eigenvalue weighted by molar-refractivity contribution is -0.130. The Kier molecular flexibility index (Phi) is 8.05. The number of carbonyl (C=O) groups is 1. The van der Waals surface area contributed by atoms with E-state index < -0.39 is 6.67 Å². The lowest BCUT2D eigenvalue weighted by Gasteiger charge is -2.18. The second kappa shape index (κ2) is 12.0. The Balaban J connectivity index is 1.77. The van der Waals surface area contributed by atoms with Gasteiger partial charge in [0.2, 0.25) is 5.91 Å². The summed E-state index contributed by atoms with van der Waals surface area (Å²) in [6.07, 6.45) is 0.103. The summed E-state index contributed by atoms with van der Waals surface area (Å²) in [5.41, 5.74) is 5.43. The summed E-state index contributed by atoms with van der Waals surface area (Å²) >= 11 is 0. The zero-order valence-corrected chi connectivity index (χ0v) is 22.5. The first-order valence-corrected chi connectivity index (χ1v) is 13.4. The standard InChI is InChI=1S/C32H31FN4O3/c1-3-36(4-2)30(39)20-26-31(23-14-16-24(17-15-23)40-19-18-33)35-37-28(25-12-8-9-13-29(25)38)21-27(34-32(26)37)22-10-6-5-7-11-22/h5-17,21,38H,3-4,18-20H2,1-2H3. The lowest BCUT2D eigenvalue weighted by Crippen LogP contribution is -2.31. The van der Waals surface area contributed by atoms with Gasteiger partial charge in [0.1, 0.15) is 24.8 Å². The van der Waals surface area contributed by atoms with Gasteiger partial charge in [0, 0.05) is 35.3 Å². The molecule has 5 aromatic rings. The van der Waals surface area contributed by atoms with Crippen LogP contribution in [-0.4, -0.2) is 56.9 Å². The fourth-order valence-corrected chi connectivity index (χ4v) is 4.80. The average molecular weight is 539 g/mol. The smallest absolute Gasteiger partial charge is 0.227 e. The minimum absolute atomic E-state index is 0.0204. The van der Waals surface area contributed by atoms with E-state index in [-0.39, 0.29) is 24.7 Å². The van der Waals surface area contributed by atoms with Crippen molar-refractivity contribution in [1.29, 1.82) is 0 Å². The van der Waals surface area contributed by atoms with E-state index in [1.807, 2.05) is 74.5 Å². The number of nitrogens with zero attached hydrogens (tertiary/aromatic N) is 4. The average Bonchev–Trinajstić information content (AvgIpc) is 3.35. The fourth-order valence-electron chi connectivity index (χ4n) is 4.80. The molecule has 0 bridgehead atoms. The van der Waals surface area contributed by atoms with Crippen molar-refractivity contribution in [3.63, 3.8) is 0 Å². The van der Waals surface area contributed by atoms with Gasteiger partial charge in [0.15, 0.2) is 5.65 Å². The Hall–Kier alpha value is -4.72. The third kappa shape index (κ3) is 5.38. The highest BCUT2D eigenvalue weighted by Crippen LogP contribution is 2.35. The van der Waals surface area contributed by atoms with Gasteiger partial charge in [-0.05, 0) is 56.3 Å². The number of aromatic hydroxyl groups is 1. The number of likely N-dealkylation sites (N-methyl/N-ethyl adjacent to an activating group) is 1. The number of halogens is 1. The number of fused-ring (bicyclic) bond motifs is 1. The molecule has 1 N–H and O–H groups in total. The molecule has 0 saturated heterocycles. The normalized spacial score (nSPS) is 11.1. The van der Waals surface area contributed by atoms with Gasteiger partial charge in [-0.1, -0.05) is 42.5 Å². The highest BCUT2D eigenvalue weighted by molar-refractivity contribution is 5.86. The fraction of sp³-hybridized carbons (Fsp3) is 0.219. The molecule has 3 aromatic carbocycles. The number of hydrogen-bond acceptors (Lipinski definition) is 5. The van der Waals surface area contributed by atoms with Crippen molar-refractivity contribution in [3.8, 4) is 45.3 Å². The van der Waals surface area contributed by atoms with E-state index in [9.17, 15) is 14.3 Å². The quantitative estimate of drug-likeness (QED) is 0.229. The lowest BCUT2D eigenvalue weighted by atomic mass is 10.0. The highest BCUT2D eigenvalue weighted by Gasteiger charge is 2.24. The van der Waals surface area contributed by atoms with Crippen molar-refractivity contribution in [1.82, 2.24) is 19.5 Å². The number of ether oxygens (including phenoxy) is 1. The number of aromatic nitrogens is 3. The zero-order chi connectivity index (χ0) is 28.1. The molecule has 0 radical (unpaired) electrons. The van der Waals surface area contributed by atoms with Gasteiger partial charge in [-0.15, -0.1) is 0 Å². The van der Waals surface area contributed by atoms with Gasteiger partial charge in [0.25, 0.3) is 0 Å². The number of para-hydroxylation sites is 1. The van der Waals surface area contributed by atoms with Gasteiger partial charge < -0.3 is 14.7 Å². The van der Waals surface area contributed by atoms with Crippen LogP contribution in [0.15, 0.2) is 84.9 Å². The Morgan fingerprint density at radius 1 is 0.950 bits per heavy atom. The number of alkyl halides is 1. The van der Waals surface area contributed by atoms with Gasteiger partial charge in [-0.25, -0.2) is 13.9 Å². The second-order valence-corrected chi connectivity index (χ2v) is 9.28. The maximum absolute atomic E-state index is 13.4. The van der Waals surface area contributed by atoms with Crippen molar-refractivity contribution >= 4 is 11.6 Å². The predicted molar refractivity (Wildman–Crippen MR) is 154 cm³/mol. The number of amides is 1. The molecule has 0 aliphatic heterocycles. The van der Waals surface area contributed by atoms with Crippen LogP contribution < -0.4 is 4.74 Å². The molecule has 0 saturated carbocycles. The van der Waals surface area contributed by atoms with E-state index in [1.54, 1.807) is 33.7 Å². The molecule has 5 rings (SSSR count). The minimum Gasteiger partial charge on any atom is -0.507 e. The topological polar surface area (TPSA) is 80.0 Å². The molecule has 8 heteroatoms. The van der Waals surface area contributed by atoms with Crippen LogP contribution in [-0.2, 0) is 11.2 Å². The summed E-state index contributed by atoms with van der Waals surface area (Å²) in [5, 5.41) is 15.8. The van der Waals surface area contributed by atoms with Crippen LogP contribution in [0.4, 0.5) is 4.39 Å². The SMILES string of the molecule is CCN(CC)C(=O)Cc1c(-c2ccc(OCCF)cc2)nn2c(-c3ccccc3O)cc(-c3ccccc3)nc12. The first-order chi connectivity index (χ1) is 19.5. The first-order valence-electron chi connectivity index (χ1n) is 13.4. The molecule has 40 heavy (non-hydrogen) atoms. The Labute approximate surface area is 232 Å². The molecule has 2 heterocycles. The van der Waals surface area contributed by atoms with Gasteiger partial charge in [-0.2, -0.15) is 5.10 Å². The predicted octanol–water partition coefficient (Wildman–Crippen LogP) is 6.20. The van der Waals surface area contributed by atoms with Crippen LogP contribution in [0.3, 0.4) is 0 Å². The maximum atomic E-state index is 13.4. The second-order valence-electron chi connectivity index (χ2n) is 9.28. The molecule has 0 spiro atoms. The molecule has 1 amide bonds. The van der Waals surface area contributed by atoms with Crippen LogP contribution in [0.1, 0.15) is 19.4 Å². The van der Waals surface area contributed by atoms with E-state index in [2.05, 4.69) is 0 Å². The van der Waals surface area contributed by atoms with Crippen LogP contribution >= 0.6 is 0 Å². The van der Waals surface area contributed by atoms with Crippen LogP contribution in [0.5, 0.6) is 11.5 Å². The Bertz CT molecular complexity index is 1610. The number of rotatable bonds is 10. The third-order valence-electron chi connectivity index (χ3n) is 6.85. The molecule has 2 aromatic heterocycles. The number of phenols is 1. The summed E-state index contributed by atoms with van der Waals surface area (Å²) in [5.74, 6) is 0.631. The van der Waals surface area contributed by atoms with E-state index in [0.717, 1.165) is 11.1 Å². The van der Waals surface area contributed by atoms with E-state index in [4.69, 9.17) is 14.8 Å². The molecule has 204 valence electrons. The van der Waals surface area contributed by atoms with Gasteiger partial charge >= 0.3 is 0 Å². The zero-order valence-electron chi connectivity index (χ0n) is 22.5. The van der Waals surface area contributed by atoms with Crippen LogP contribution in [0, 0.1) is 0 Å². The van der Waals surface area contributed by atoms with Gasteiger partial charge in [-0.3, -0.25) is 4.79 Å². The van der Waals surface area contributed by atoms with Crippen molar-refractivity contribution in [2.45, 2.75) is 20.3 Å². The number of benzene rings is 3. The van der Waals surface area contributed by atoms with Crippen molar-refractivity contribution in [2.24, 2.45) is 0 Å². The summed E-state index contributed by atoms with van der Waals surface area (Å²) < 4.78 is 19.7.